The molecule has 0 atom stereocenters. The zero-order chi connectivity index (χ0) is 17.3. The van der Waals surface area contributed by atoms with Gasteiger partial charge in [0.05, 0.1) is 10.5 Å². The molecular formula is C18H10F3NO2. The lowest BCUT2D eigenvalue weighted by Crippen LogP contribution is -2.02. The SMILES string of the molecule is O=[N+]([O-])c1c(-c2ccccc2-c2ccccc2)cc(F)c(F)c1F. The smallest absolute Gasteiger partial charge is 0.258 e. The lowest BCUT2D eigenvalue weighted by molar-refractivity contribution is -0.387. The van der Waals surface area contributed by atoms with Crippen LogP contribution in [0.25, 0.3) is 22.3 Å². The summed E-state index contributed by atoms with van der Waals surface area (Å²) < 4.78 is 41.0. The van der Waals surface area contributed by atoms with E-state index in [1.54, 1.807) is 48.5 Å². The molecule has 0 N–H and O–H groups in total. The molecular weight excluding hydrogens is 319 g/mol. The number of rotatable bonds is 3. The van der Waals surface area contributed by atoms with Gasteiger partial charge in [-0.25, -0.2) is 8.78 Å². The number of hydrogen-bond donors (Lipinski definition) is 0. The normalized spacial score (nSPS) is 10.6. The molecule has 0 aliphatic carbocycles. The van der Waals surface area contributed by atoms with Crippen molar-refractivity contribution in [2.24, 2.45) is 0 Å². The van der Waals surface area contributed by atoms with Crippen LogP contribution in [-0.2, 0) is 0 Å². The Bertz CT molecular complexity index is 927. The highest BCUT2D eigenvalue weighted by atomic mass is 19.2. The highest BCUT2D eigenvalue weighted by Crippen LogP contribution is 2.39. The molecule has 3 aromatic carbocycles. The summed E-state index contributed by atoms with van der Waals surface area (Å²) >= 11 is 0. The predicted molar refractivity (Wildman–Crippen MR) is 83.8 cm³/mol. The summed E-state index contributed by atoms with van der Waals surface area (Å²) in [5.74, 6) is -5.14. The zero-order valence-electron chi connectivity index (χ0n) is 12.2. The Morgan fingerprint density at radius 1 is 0.750 bits per heavy atom. The van der Waals surface area contributed by atoms with E-state index in [-0.39, 0.29) is 11.1 Å². The molecule has 0 bridgehead atoms. The van der Waals surface area contributed by atoms with Crippen LogP contribution >= 0.6 is 0 Å². The van der Waals surface area contributed by atoms with Gasteiger partial charge in [-0.1, -0.05) is 54.6 Å². The number of nitro benzene ring substituents is 1. The predicted octanol–water partition coefficient (Wildman–Crippen LogP) is 5.35. The van der Waals surface area contributed by atoms with Crippen molar-refractivity contribution in [1.82, 2.24) is 0 Å². The Morgan fingerprint density at radius 3 is 1.96 bits per heavy atom. The maximum absolute atomic E-state index is 13.9. The van der Waals surface area contributed by atoms with Crippen molar-refractivity contribution in [3.8, 4) is 22.3 Å². The summed E-state index contributed by atoms with van der Waals surface area (Å²) in [5, 5.41) is 11.2. The van der Waals surface area contributed by atoms with Gasteiger partial charge in [-0.3, -0.25) is 10.1 Å². The van der Waals surface area contributed by atoms with E-state index in [4.69, 9.17) is 0 Å². The fourth-order valence-electron chi connectivity index (χ4n) is 2.56. The van der Waals surface area contributed by atoms with Gasteiger partial charge in [-0.2, -0.15) is 4.39 Å². The van der Waals surface area contributed by atoms with E-state index in [0.29, 0.717) is 17.2 Å². The van der Waals surface area contributed by atoms with Gasteiger partial charge in [0.2, 0.25) is 11.6 Å². The van der Waals surface area contributed by atoms with Gasteiger partial charge < -0.3 is 0 Å². The van der Waals surface area contributed by atoms with Crippen LogP contribution in [0.4, 0.5) is 18.9 Å². The van der Waals surface area contributed by atoms with E-state index < -0.39 is 28.1 Å². The molecule has 0 aromatic heterocycles. The monoisotopic (exact) mass is 329 g/mol. The first-order valence-electron chi connectivity index (χ1n) is 6.97. The Balaban J connectivity index is 2.34. The van der Waals surface area contributed by atoms with Crippen LogP contribution in [-0.4, -0.2) is 4.92 Å². The minimum Gasteiger partial charge on any atom is -0.258 e. The molecule has 120 valence electrons. The van der Waals surface area contributed by atoms with Crippen LogP contribution in [0.3, 0.4) is 0 Å². The number of benzene rings is 3. The fraction of sp³-hybridized carbons (Fsp3) is 0. The first-order chi connectivity index (χ1) is 11.5. The van der Waals surface area contributed by atoms with E-state index in [1.165, 1.54) is 6.07 Å². The molecule has 0 unspecified atom stereocenters. The third-order valence-electron chi connectivity index (χ3n) is 3.62. The first kappa shape index (κ1) is 15.7. The highest BCUT2D eigenvalue weighted by molar-refractivity contribution is 5.87. The van der Waals surface area contributed by atoms with Gasteiger partial charge in [-0.05, 0) is 22.8 Å². The summed E-state index contributed by atoms with van der Waals surface area (Å²) in [6.45, 7) is 0. The van der Waals surface area contributed by atoms with Crippen LogP contribution in [0.2, 0.25) is 0 Å². The van der Waals surface area contributed by atoms with Crippen molar-refractivity contribution >= 4 is 5.69 Å². The molecule has 6 heteroatoms. The Labute approximate surface area is 135 Å². The minimum atomic E-state index is -1.86. The summed E-state index contributed by atoms with van der Waals surface area (Å²) in [6, 6.07) is 16.0. The van der Waals surface area contributed by atoms with E-state index in [0.717, 1.165) is 0 Å². The Morgan fingerprint density at radius 2 is 1.33 bits per heavy atom. The molecule has 24 heavy (non-hydrogen) atoms. The lowest BCUT2D eigenvalue weighted by atomic mass is 9.93. The van der Waals surface area contributed by atoms with E-state index in [2.05, 4.69) is 0 Å². The molecule has 0 aliphatic rings. The van der Waals surface area contributed by atoms with Gasteiger partial charge in [0.15, 0.2) is 5.82 Å². The second-order valence-corrected chi connectivity index (χ2v) is 5.05. The number of nitrogens with zero attached hydrogens (tertiary/aromatic N) is 1. The molecule has 0 saturated carbocycles. The molecule has 3 aromatic rings. The third kappa shape index (κ3) is 2.62. The fourth-order valence-corrected chi connectivity index (χ4v) is 2.56. The molecule has 0 spiro atoms. The largest absolute Gasteiger partial charge is 0.315 e. The van der Waals surface area contributed by atoms with Crippen molar-refractivity contribution in [1.29, 1.82) is 0 Å². The van der Waals surface area contributed by atoms with Gasteiger partial charge >= 0.3 is 5.69 Å². The molecule has 0 radical (unpaired) electrons. The van der Waals surface area contributed by atoms with Gasteiger partial charge in [0.25, 0.3) is 0 Å². The topological polar surface area (TPSA) is 43.1 Å². The quantitative estimate of drug-likeness (QED) is 0.369. The van der Waals surface area contributed by atoms with Crippen molar-refractivity contribution < 1.29 is 18.1 Å². The number of hydrogen-bond acceptors (Lipinski definition) is 2. The van der Waals surface area contributed by atoms with E-state index in [9.17, 15) is 23.3 Å². The van der Waals surface area contributed by atoms with Gasteiger partial charge in [-0.15, -0.1) is 0 Å². The second-order valence-electron chi connectivity index (χ2n) is 5.05. The Kier molecular flexibility index (Phi) is 4.04. The summed E-state index contributed by atoms with van der Waals surface area (Å²) in [5.41, 5.74) is 0.112. The van der Waals surface area contributed by atoms with Crippen LogP contribution in [0.15, 0.2) is 60.7 Å². The van der Waals surface area contributed by atoms with Crippen molar-refractivity contribution in [2.45, 2.75) is 0 Å². The third-order valence-corrected chi connectivity index (χ3v) is 3.62. The second kappa shape index (κ2) is 6.16. The molecule has 0 aliphatic heterocycles. The minimum absolute atomic E-state index is 0.244. The maximum Gasteiger partial charge on any atom is 0.315 e. The van der Waals surface area contributed by atoms with Crippen LogP contribution in [0, 0.1) is 27.6 Å². The molecule has 0 heterocycles. The van der Waals surface area contributed by atoms with Gasteiger partial charge in [0.1, 0.15) is 0 Å². The molecule has 3 nitrogen and oxygen atoms in total. The van der Waals surface area contributed by atoms with Crippen molar-refractivity contribution in [3.63, 3.8) is 0 Å². The summed E-state index contributed by atoms with van der Waals surface area (Å²) in [7, 11) is 0. The number of nitro groups is 1. The summed E-state index contributed by atoms with van der Waals surface area (Å²) in [6.07, 6.45) is 0. The molecule has 3 rings (SSSR count). The zero-order valence-corrected chi connectivity index (χ0v) is 12.2. The average Bonchev–Trinajstić information content (AvgIpc) is 2.59. The van der Waals surface area contributed by atoms with Crippen molar-refractivity contribution in [2.75, 3.05) is 0 Å². The highest BCUT2D eigenvalue weighted by Gasteiger charge is 2.29. The number of halogens is 3. The Hall–Kier alpha value is -3.15. The van der Waals surface area contributed by atoms with E-state index >= 15 is 0 Å². The molecule has 0 fully saturated rings. The van der Waals surface area contributed by atoms with Crippen molar-refractivity contribution in [3.05, 3.63) is 88.2 Å². The maximum atomic E-state index is 13.9. The first-order valence-corrected chi connectivity index (χ1v) is 6.97. The molecule has 0 saturated heterocycles. The van der Waals surface area contributed by atoms with Crippen LogP contribution in [0.1, 0.15) is 0 Å². The average molecular weight is 329 g/mol. The lowest BCUT2D eigenvalue weighted by Gasteiger charge is -2.11. The molecule has 0 amide bonds. The standard InChI is InChI=1S/C18H10F3NO2/c19-15-10-14(18(22(23)24)17(21)16(15)20)13-9-5-4-8-12(13)11-6-2-1-3-7-11/h1-10H. The van der Waals surface area contributed by atoms with Crippen LogP contribution in [0.5, 0.6) is 0 Å². The van der Waals surface area contributed by atoms with Crippen LogP contribution < -0.4 is 0 Å². The summed E-state index contributed by atoms with van der Waals surface area (Å²) in [4.78, 5) is 10.2. The van der Waals surface area contributed by atoms with E-state index in [1.807, 2.05) is 0 Å². The van der Waals surface area contributed by atoms with Gasteiger partial charge in [0, 0.05) is 0 Å².